The highest BCUT2D eigenvalue weighted by Crippen LogP contribution is 2.24. The summed E-state index contributed by atoms with van der Waals surface area (Å²) in [5.74, 6) is 0.0483. The SMILES string of the molecule is CCOC(=O)c1ccc(OC)c(C#N)c1C. The maximum Gasteiger partial charge on any atom is 0.338 e. The van der Waals surface area contributed by atoms with Crippen LogP contribution in [-0.2, 0) is 4.74 Å². The van der Waals surface area contributed by atoms with Gasteiger partial charge in [-0.2, -0.15) is 5.26 Å². The Labute approximate surface area is 94.4 Å². The number of nitriles is 1. The molecule has 1 rings (SSSR count). The fraction of sp³-hybridized carbons (Fsp3) is 0.333. The summed E-state index contributed by atoms with van der Waals surface area (Å²) in [7, 11) is 1.49. The van der Waals surface area contributed by atoms with Crippen LogP contribution in [0.2, 0.25) is 0 Å². The highest BCUT2D eigenvalue weighted by atomic mass is 16.5. The second kappa shape index (κ2) is 5.17. The van der Waals surface area contributed by atoms with Crippen molar-refractivity contribution in [2.75, 3.05) is 13.7 Å². The number of ether oxygens (including phenoxy) is 2. The summed E-state index contributed by atoms with van der Waals surface area (Å²) >= 11 is 0. The molecule has 1 aromatic carbocycles. The standard InChI is InChI=1S/C12H13NO3/c1-4-16-12(14)9-5-6-11(15-3)10(7-13)8(9)2/h5-6H,4H2,1-3H3. The van der Waals surface area contributed by atoms with Crippen LogP contribution in [0.25, 0.3) is 0 Å². The zero-order valence-electron chi connectivity index (χ0n) is 9.53. The molecule has 0 saturated carbocycles. The van der Waals surface area contributed by atoms with Crippen molar-refractivity contribution in [3.8, 4) is 11.8 Å². The Hall–Kier alpha value is -2.02. The summed E-state index contributed by atoms with van der Waals surface area (Å²) in [5, 5.41) is 8.98. The average Bonchev–Trinajstić information content (AvgIpc) is 2.28. The molecule has 0 amide bonds. The van der Waals surface area contributed by atoms with Crippen molar-refractivity contribution in [1.82, 2.24) is 0 Å². The van der Waals surface area contributed by atoms with Gasteiger partial charge in [-0.15, -0.1) is 0 Å². The van der Waals surface area contributed by atoms with Gasteiger partial charge in [-0.05, 0) is 31.5 Å². The number of hydrogen-bond donors (Lipinski definition) is 0. The molecule has 84 valence electrons. The van der Waals surface area contributed by atoms with E-state index in [1.165, 1.54) is 7.11 Å². The van der Waals surface area contributed by atoms with E-state index in [1.54, 1.807) is 26.0 Å². The van der Waals surface area contributed by atoms with Crippen LogP contribution in [0.1, 0.15) is 28.4 Å². The fourth-order valence-electron chi connectivity index (χ4n) is 1.43. The zero-order valence-corrected chi connectivity index (χ0v) is 9.53. The molecular weight excluding hydrogens is 206 g/mol. The molecule has 0 N–H and O–H groups in total. The molecule has 16 heavy (non-hydrogen) atoms. The van der Waals surface area contributed by atoms with Crippen LogP contribution in [-0.4, -0.2) is 19.7 Å². The van der Waals surface area contributed by atoms with Crippen molar-refractivity contribution in [2.24, 2.45) is 0 Å². The summed E-state index contributed by atoms with van der Waals surface area (Å²) in [6.45, 7) is 3.75. The van der Waals surface area contributed by atoms with Crippen molar-refractivity contribution in [1.29, 1.82) is 5.26 Å². The Morgan fingerprint density at radius 2 is 2.19 bits per heavy atom. The number of esters is 1. The monoisotopic (exact) mass is 219 g/mol. The van der Waals surface area contributed by atoms with Crippen LogP contribution in [0.4, 0.5) is 0 Å². The molecular formula is C12H13NO3. The zero-order chi connectivity index (χ0) is 12.1. The van der Waals surface area contributed by atoms with Crippen molar-refractivity contribution in [3.05, 3.63) is 28.8 Å². The third kappa shape index (κ3) is 2.14. The lowest BCUT2D eigenvalue weighted by atomic mass is 10.0. The summed E-state index contributed by atoms with van der Waals surface area (Å²) < 4.78 is 9.93. The Morgan fingerprint density at radius 3 is 2.69 bits per heavy atom. The van der Waals surface area contributed by atoms with Crippen LogP contribution in [0.5, 0.6) is 5.75 Å². The molecule has 0 aliphatic rings. The molecule has 0 aliphatic heterocycles. The van der Waals surface area contributed by atoms with Gasteiger partial charge in [0.25, 0.3) is 0 Å². The number of methoxy groups -OCH3 is 1. The molecule has 0 aromatic heterocycles. The third-order valence-electron chi connectivity index (χ3n) is 2.25. The first-order chi connectivity index (χ1) is 7.65. The van der Waals surface area contributed by atoms with Gasteiger partial charge in [0, 0.05) is 0 Å². The summed E-state index contributed by atoms with van der Waals surface area (Å²) in [6.07, 6.45) is 0. The first kappa shape index (κ1) is 12.1. The Morgan fingerprint density at radius 1 is 1.50 bits per heavy atom. The van der Waals surface area contributed by atoms with Gasteiger partial charge in [-0.3, -0.25) is 0 Å². The number of benzene rings is 1. The largest absolute Gasteiger partial charge is 0.495 e. The Balaban J connectivity index is 3.25. The molecule has 0 heterocycles. The summed E-state index contributed by atoms with van der Waals surface area (Å²) in [4.78, 5) is 11.6. The van der Waals surface area contributed by atoms with Crippen molar-refractivity contribution < 1.29 is 14.3 Å². The van der Waals surface area contributed by atoms with Crippen LogP contribution < -0.4 is 4.74 Å². The molecule has 1 aromatic rings. The summed E-state index contributed by atoms with van der Waals surface area (Å²) in [5.41, 5.74) is 1.35. The number of carbonyl (C=O) groups excluding carboxylic acids is 1. The van der Waals surface area contributed by atoms with Crippen molar-refractivity contribution in [2.45, 2.75) is 13.8 Å². The van der Waals surface area contributed by atoms with Crippen LogP contribution in [0, 0.1) is 18.3 Å². The topological polar surface area (TPSA) is 59.3 Å². The van der Waals surface area contributed by atoms with E-state index in [0.717, 1.165) is 0 Å². The van der Waals surface area contributed by atoms with E-state index < -0.39 is 5.97 Å². The van der Waals surface area contributed by atoms with E-state index in [-0.39, 0.29) is 0 Å². The molecule has 0 aliphatic carbocycles. The molecule has 0 bridgehead atoms. The van der Waals surface area contributed by atoms with Crippen LogP contribution in [0.15, 0.2) is 12.1 Å². The van der Waals surface area contributed by atoms with E-state index in [9.17, 15) is 4.79 Å². The van der Waals surface area contributed by atoms with Crippen LogP contribution >= 0.6 is 0 Å². The quantitative estimate of drug-likeness (QED) is 0.730. The molecule has 0 atom stereocenters. The highest BCUT2D eigenvalue weighted by Gasteiger charge is 2.16. The number of hydrogen-bond acceptors (Lipinski definition) is 4. The number of nitrogens with zero attached hydrogens (tertiary/aromatic N) is 1. The van der Waals surface area contributed by atoms with Gasteiger partial charge < -0.3 is 9.47 Å². The average molecular weight is 219 g/mol. The summed E-state index contributed by atoms with van der Waals surface area (Å²) in [6, 6.07) is 5.22. The maximum atomic E-state index is 11.6. The van der Waals surface area contributed by atoms with Gasteiger partial charge in [0.15, 0.2) is 0 Å². The predicted molar refractivity (Wildman–Crippen MR) is 58.4 cm³/mol. The molecule has 0 spiro atoms. The number of carbonyl (C=O) groups is 1. The molecule has 4 heteroatoms. The van der Waals surface area contributed by atoms with E-state index in [1.807, 2.05) is 6.07 Å². The van der Waals surface area contributed by atoms with E-state index in [0.29, 0.717) is 29.0 Å². The fourth-order valence-corrected chi connectivity index (χ4v) is 1.43. The second-order valence-electron chi connectivity index (χ2n) is 3.15. The lowest BCUT2D eigenvalue weighted by Crippen LogP contribution is -2.08. The molecule has 0 fully saturated rings. The minimum absolute atomic E-state index is 0.312. The Kier molecular flexibility index (Phi) is 3.90. The first-order valence-electron chi connectivity index (χ1n) is 4.90. The first-order valence-corrected chi connectivity index (χ1v) is 4.90. The second-order valence-corrected chi connectivity index (χ2v) is 3.15. The molecule has 0 saturated heterocycles. The molecule has 0 unspecified atom stereocenters. The third-order valence-corrected chi connectivity index (χ3v) is 2.25. The molecule has 0 radical (unpaired) electrons. The van der Waals surface area contributed by atoms with Gasteiger partial charge >= 0.3 is 5.97 Å². The van der Waals surface area contributed by atoms with Gasteiger partial charge in [-0.1, -0.05) is 0 Å². The van der Waals surface area contributed by atoms with E-state index in [2.05, 4.69) is 0 Å². The van der Waals surface area contributed by atoms with Crippen LogP contribution in [0.3, 0.4) is 0 Å². The van der Waals surface area contributed by atoms with E-state index in [4.69, 9.17) is 14.7 Å². The minimum atomic E-state index is -0.417. The van der Waals surface area contributed by atoms with Gasteiger partial charge in [0.05, 0.1) is 24.8 Å². The normalized spacial score (nSPS) is 9.38. The number of rotatable bonds is 3. The predicted octanol–water partition coefficient (Wildman–Crippen LogP) is 2.05. The van der Waals surface area contributed by atoms with E-state index >= 15 is 0 Å². The van der Waals surface area contributed by atoms with Crippen molar-refractivity contribution in [3.63, 3.8) is 0 Å². The lowest BCUT2D eigenvalue weighted by Gasteiger charge is -2.09. The lowest BCUT2D eigenvalue weighted by molar-refractivity contribution is 0.0525. The van der Waals surface area contributed by atoms with Gasteiger partial charge in [0.2, 0.25) is 0 Å². The van der Waals surface area contributed by atoms with Gasteiger partial charge in [0.1, 0.15) is 11.8 Å². The van der Waals surface area contributed by atoms with Gasteiger partial charge in [-0.25, -0.2) is 4.79 Å². The smallest absolute Gasteiger partial charge is 0.338 e. The molecule has 4 nitrogen and oxygen atoms in total. The highest BCUT2D eigenvalue weighted by molar-refractivity contribution is 5.92. The Bertz CT molecular complexity index is 446. The maximum absolute atomic E-state index is 11.6. The van der Waals surface area contributed by atoms with Crippen molar-refractivity contribution >= 4 is 5.97 Å². The minimum Gasteiger partial charge on any atom is -0.495 e.